The summed E-state index contributed by atoms with van der Waals surface area (Å²) < 4.78 is 5.24. The quantitative estimate of drug-likeness (QED) is 0.882. The number of hydrogen-bond acceptors (Lipinski definition) is 3. The Morgan fingerprint density at radius 1 is 1.26 bits per heavy atom. The molecule has 1 N–H and O–H groups in total. The SMILES string of the molecule is CC1CCC(NCc2ccc(OCC#N)cc2)C1C. The fraction of sp³-hybridized carbons (Fsp3) is 0.562. The van der Waals surface area contributed by atoms with Gasteiger partial charge in [-0.2, -0.15) is 5.26 Å². The van der Waals surface area contributed by atoms with E-state index in [9.17, 15) is 0 Å². The van der Waals surface area contributed by atoms with E-state index in [1.807, 2.05) is 18.2 Å². The molecule has 0 saturated heterocycles. The molecule has 0 radical (unpaired) electrons. The van der Waals surface area contributed by atoms with Gasteiger partial charge in [-0.25, -0.2) is 0 Å². The van der Waals surface area contributed by atoms with Gasteiger partial charge in [-0.05, 0) is 42.4 Å². The van der Waals surface area contributed by atoms with Gasteiger partial charge in [-0.15, -0.1) is 0 Å². The van der Waals surface area contributed by atoms with Gasteiger partial charge in [0, 0.05) is 12.6 Å². The van der Waals surface area contributed by atoms with E-state index in [0.29, 0.717) is 6.04 Å². The monoisotopic (exact) mass is 258 g/mol. The number of nitrogens with zero attached hydrogens (tertiary/aromatic N) is 1. The standard InChI is InChI=1S/C16H22N2O/c1-12-3-8-16(13(12)2)18-11-14-4-6-15(7-5-14)19-10-9-17/h4-7,12-13,16,18H,3,8,10-11H2,1-2H3. The van der Waals surface area contributed by atoms with Gasteiger partial charge >= 0.3 is 0 Å². The molecule has 1 aliphatic rings. The molecule has 102 valence electrons. The van der Waals surface area contributed by atoms with Gasteiger partial charge in [-0.1, -0.05) is 26.0 Å². The third-order valence-corrected chi connectivity index (χ3v) is 4.26. The van der Waals surface area contributed by atoms with Crippen molar-refractivity contribution in [3.05, 3.63) is 29.8 Å². The number of hydrogen-bond donors (Lipinski definition) is 1. The van der Waals surface area contributed by atoms with E-state index in [1.165, 1.54) is 18.4 Å². The lowest BCUT2D eigenvalue weighted by atomic mass is 9.98. The van der Waals surface area contributed by atoms with Crippen LogP contribution in [0.15, 0.2) is 24.3 Å². The van der Waals surface area contributed by atoms with Crippen LogP contribution in [0, 0.1) is 23.2 Å². The van der Waals surface area contributed by atoms with Crippen LogP contribution >= 0.6 is 0 Å². The summed E-state index contributed by atoms with van der Waals surface area (Å²) in [6, 6.07) is 10.6. The van der Waals surface area contributed by atoms with E-state index < -0.39 is 0 Å². The molecule has 2 rings (SSSR count). The van der Waals surface area contributed by atoms with E-state index in [0.717, 1.165) is 24.1 Å². The van der Waals surface area contributed by atoms with Gasteiger partial charge in [-0.3, -0.25) is 0 Å². The predicted molar refractivity (Wildman–Crippen MR) is 75.7 cm³/mol. The number of nitriles is 1. The molecule has 3 unspecified atom stereocenters. The molecule has 3 heteroatoms. The molecule has 19 heavy (non-hydrogen) atoms. The Labute approximate surface area is 115 Å². The smallest absolute Gasteiger partial charge is 0.174 e. The van der Waals surface area contributed by atoms with Crippen molar-refractivity contribution in [3.8, 4) is 11.8 Å². The van der Waals surface area contributed by atoms with Crippen molar-refractivity contribution in [2.45, 2.75) is 39.3 Å². The molecule has 0 heterocycles. The molecule has 0 aliphatic heterocycles. The molecule has 3 nitrogen and oxygen atoms in total. The first-order valence-electron chi connectivity index (χ1n) is 7.02. The summed E-state index contributed by atoms with van der Waals surface area (Å²) in [6.07, 6.45) is 2.62. The third kappa shape index (κ3) is 3.71. The maximum absolute atomic E-state index is 8.45. The summed E-state index contributed by atoms with van der Waals surface area (Å²) in [6.45, 7) is 5.69. The molecule has 0 amide bonds. The van der Waals surface area contributed by atoms with Crippen LogP contribution in [-0.2, 0) is 6.54 Å². The van der Waals surface area contributed by atoms with Gasteiger partial charge in [0.25, 0.3) is 0 Å². The Bertz CT molecular complexity index is 435. The van der Waals surface area contributed by atoms with Crippen LogP contribution in [0.3, 0.4) is 0 Å². The van der Waals surface area contributed by atoms with Gasteiger partial charge in [0.1, 0.15) is 11.8 Å². The Morgan fingerprint density at radius 3 is 2.58 bits per heavy atom. The van der Waals surface area contributed by atoms with Crippen molar-refractivity contribution in [2.24, 2.45) is 11.8 Å². The van der Waals surface area contributed by atoms with Crippen molar-refractivity contribution in [1.82, 2.24) is 5.32 Å². The molecule has 1 saturated carbocycles. The molecular formula is C16H22N2O. The summed E-state index contributed by atoms with van der Waals surface area (Å²) in [5.41, 5.74) is 1.26. The minimum Gasteiger partial charge on any atom is -0.479 e. The van der Waals surface area contributed by atoms with Crippen LogP contribution in [0.4, 0.5) is 0 Å². The Morgan fingerprint density at radius 2 is 2.00 bits per heavy atom. The minimum absolute atomic E-state index is 0.106. The summed E-state index contributed by atoms with van der Waals surface area (Å²) in [5.74, 6) is 2.35. The van der Waals surface area contributed by atoms with Crippen LogP contribution in [-0.4, -0.2) is 12.6 Å². The number of benzene rings is 1. The predicted octanol–water partition coefficient (Wildman–Crippen LogP) is 3.11. The number of ether oxygens (including phenoxy) is 1. The molecule has 3 atom stereocenters. The first kappa shape index (κ1) is 13.9. The zero-order chi connectivity index (χ0) is 13.7. The Hall–Kier alpha value is -1.53. The van der Waals surface area contributed by atoms with Crippen molar-refractivity contribution in [1.29, 1.82) is 5.26 Å². The van der Waals surface area contributed by atoms with Gasteiger partial charge in [0.15, 0.2) is 6.61 Å². The lowest BCUT2D eigenvalue weighted by Crippen LogP contribution is -2.31. The lowest BCUT2D eigenvalue weighted by Gasteiger charge is -2.19. The van der Waals surface area contributed by atoms with Gasteiger partial charge in [0.2, 0.25) is 0 Å². The third-order valence-electron chi connectivity index (χ3n) is 4.26. The van der Waals surface area contributed by atoms with Crippen LogP contribution < -0.4 is 10.1 Å². The second-order valence-corrected chi connectivity index (χ2v) is 5.49. The highest BCUT2D eigenvalue weighted by Crippen LogP contribution is 2.31. The second kappa shape index (κ2) is 6.58. The van der Waals surface area contributed by atoms with Crippen molar-refractivity contribution < 1.29 is 4.74 Å². The average molecular weight is 258 g/mol. The van der Waals surface area contributed by atoms with E-state index >= 15 is 0 Å². The molecule has 1 aliphatic carbocycles. The average Bonchev–Trinajstić information content (AvgIpc) is 2.75. The maximum Gasteiger partial charge on any atom is 0.174 e. The molecule has 0 aromatic heterocycles. The zero-order valence-electron chi connectivity index (χ0n) is 11.7. The lowest BCUT2D eigenvalue weighted by molar-refractivity contribution is 0.366. The highest BCUT2D eigenvalue weighted by Gasteiger charge is 2.28. The summed E-state index contributed by atoms with van der Waals surface area (Å²) in [5, 5.41) is 12.1. The fourth-order valence-corrected chi connectivity index (χ4v) is 2.72. The molecule has 0 spiro atoms. The summed E-state index contributed by atoms with van der Waals surface area (Å²) >= 11 is 0. The molecular weight excluding hydrogens is 236 g/mol. The van der Waals surface area contributed by atoms with Crippen LogP contribution in [0.1, 0.15) is 32.3 Å². The van der Waals surface area contributed by atoms with E-state index in [2.05, 4.69) is 31.3 Å². The Balaban J connectivity index is 1.82. The largest absolute Gasteiger partial charge is 0.479 e. The van der Waals surface area contributed by atoms with E-state index in [4.69, 9.17) is 10.00 Å². The van der Waals surface area contributed by atoms with E-state index in [1.54, 1.807) is 0 Å². The first-order chi connectivity index (χ1) is 9.20. The first-order valence-corrected chi connectivity index (χ1v) is 7.02. The highest BCUT2D eigenvalue weighted by molar-refractivity contribution is 5.27. The maximum atomic E-state index is 8.45. The molecule has 1 aromatic carbocycles. The van der Waals surface area contributed by atoms with Crippen LogP contribution in [0.2, 0.25) is 0 Å². The van der Waals surface area contributed by atoms with Crippen molar-refractivity contribution in [3.63, 3.8) is 0 Å². The highest BCUT2D eigenvalue weighted by atomic mass is 16.5. The summed E-state index contributed by atoms with van der Waals surface area (Å²) in [4.78, 5) is 0. The fourth-order valence-electron chi connectivity index (χ4n) is 2.72. The molecule has 0 bridgehead atoms. The Kier molecular flexibility index (Phi) is 4.81. The van der Waals surface area contributed by atoms with Crippen LogP contribution in [0.25, 0.3) is 0 Å². The normalized spacial score (nSPS) is 26.1. The zero-order valence-corrected chi connectivity index (χ0v) is 11.7. The van der Waals surface area contributed by atoms with E-state index in [-0.39, 0.29) is 6.61 Å². The van der Waals surface area contributed by atoms with Gasteiger partial charge in [0.05, 0.1) is 0 Å². The van der Waals surface area contributed by atoms with Gasteiger partial charge < -0.3 is 10.1 Å². The second-order valence-electron chi connectivity index (χ2n) is 5.49. The van der Waals surface area contributed by atoms with Crippen molar-refractivity contribution >= 4 is 0 Å². The minimum atomic E-state index is 0.106. The topological polar surface area (TPSA) is 45.0 Å². The summed E-state index contributed by atoms with van der Waals surface area (Å²) in [7, 11) is 0. The van der Waals surface area contributed by atoms with Crippen LogP contribution in [0.5, 0.6) is 5.75 Å². The van der Waals surface area contributed by atoms with Crippen molar-refractivity contribution in [2.75, 3.05) is 6.61 Å². The number of nitrogens with one attached hydrogen (secondary N) is 1. The number of rotatable bonds is 5. The molecule has 1 fully saturated rings. The molecule has 1 aromatic rings.